The summed E-state index contributed by atoms with van der Waals surface area (Å²) in [7, 11) is 0. The number of piperidine rings is 1. The van der Waals surface area contributed by atoms with E-state index < -0.39 is 6.17 Å². The second kappa shape index (κ2) is 10.1. The molecule has 1 atom stereocenters. The highest BCUT2D eigenvalue weighted by atomic mass is 19.1. The van der Waals surface area contributed by atoms with Gasteiger partial charge >= 0.3 is 0 Å². The van der Waals surface area contributed by atoms with Crippen molar-refractivity contribution in [3.05, 3.63) is 71.9 Å². The van der Waals surface area contributed by atoms with Gasteiger partial charge in [-0.05, 0) is 41.5 Å². The fourth-order valence-corrected chi connectivity index (χ4v) is 4.39. The highest BCUT2D eigenvalue weighted by molar-refractivity contribution is 5.81. The van der Waals surface area contributed by atoms with E-state index >= 15 is 0 Å². The van der Waals surface area contributed by atoms with Crippen LogP contribution in [0.25, 0.3) is 10.9 Å². The Morgan fingerprint density at radius 3 is 2.65 bits per heavy atom. The Bertz CT molecular complexity index is 996. The molecule has 3 aromatic rings. The van der Waals surface area contributed by atoms with Gasteiger partial charge in [-0.1, -0.05) is 42.5 Å². The number of benzene rings is 2. The van der Waals surface area contributed by atoms with Gasteiger partial charge in [0, 0.05) is 50.4 Å². The first-order valence-electron chi connectivity index (χ1n) is 11.0. The van der Waals surface area contributed by atoms with Crippen molar-refractivity contribution < 1.29 is 14.3 Å². The summed E-state index contributed by atoms with van der Waals surface area (Å²) in [5, 5.41) is 12.9. The predicted molar refractivity (Wildman–Crippen MR) is 120 cm³/mol. The number of hydrogen-bond acceptors (Lipinski definition) is 3. The summed E-state index contributed by atoms with van der Waals surface area (Å²) in [5.74, 6) is -0.146. The Morgan fingerprint density at radius 1 is 1.13 bits per heavy atom. The van der Waals surface area contributed by atoms with Gasteiger partial charge in [0.2, 0.25) is 5.91 Å². The number of carbonyl (C=O) groups excluding carboxylic acids is 1. The Hall–Kier alpha value is -2.70. The zero-order valence-corrected chi connectivity index (χ0v) is 17.7. The molecule has 5 nitrogen and oxygen atoms in total. The molecular weight excluding hydrogens is 393 g/mol. The van der Waals surface area contributed by atoms with Gasteiger partial charge in [-0.15, -0.1) is 0 Å². The molecule has 2 heterocycles. The van der Waals surface area contributed by atoms with E-state index in [1.807, 2.05) is 36.4 Å². The number of carbonyl (C=O) groups is 1. The topological polar surface area (TPSA) is 57.5 Å². The number of hydrogen-bond donors (Lipinski definition) is 2. The molecule has 2 aromatic carbocycles. The van der Waals surface area contributed by atoms with Gasteiger partial charge in [0.05, 0.1) is 6.61 Å². The fraction of sp³-hybridized carbons (Fsp3) is 0.400. The van der Waals surface area contributed by atoms with E-state index in [-0.39, 0.29) is 18.9 Å². The number of aliphatic hydroxyl groups is 1. The van der Waals surface area contributed by atoms with Gasteiger partial charge < -0.3 is 15.0 Å². The monoisotopic (exact) mass is 423 g/mol. The fourth-order valence-electron chi connectivity index (χ4n) is 4.39. The van der Waals surface area contributed by atoms with Gasteiger partial charge in [0.25, 0.3) is 0 Å². The summed E-state index contributed by atoms with van der Waals surface area (Å²) >= 11 is 0. The molecule has 31 heavy (non-hydrogen) atoms. The van der Waals surface area contributed by atoms with Crippen LogP contribution in [0.2, 0.25) is 0 Å². The zero-order valence-electron chi connectivity index (χ0n) is 17.7. The van der Waals surface area contributed by atoms with Crippen LogP contribution in [0.4, 0.5) is 4.39 Å². The molecule has 1 fully saturated rings. The minimum atomic E-state index is -0.950. The summed E-state index contributed by atoms with van der Waals surface area (Å²) in [4.78, 5) is 13.9. The van der Waals surface area contributed by atoms with Crippen molar-refractivity contribution in [3.8, 4) is 0 Å². The summed E-state index contributed by atoms with van der Waals surface area (Å²) < 4.78 is 17.0. The molecule has 0 bridgehead atoms. The van der Waals surface area contributed by atoms with Gasteiger partial charge in [-0.25, -0.2) is 4.39 Å². The third-order valence-corrected chi connectivity index (χ3v) is 6.15. The molecule has 0 aliphatic carbocycles. The Labute approximate surface area is 182 Å². The van der Waals surface area contributed by atoms with E-state index in [0.717, 1.165) is 37.1 Å². The van der Waals surface area contributed by atoms with E-state index in [9.17, 15) is 9.18 Å². The SMILES string of the molecule is O=C(CCO)NCc1ccc2ccn(C3CCN(CC(F)c4ccccc4)CC3)c2c1. The second-order valence-corrected chi connectivity index (χ2v) is 8.28. The summed E-state index contributed by atoms with van der Waals surface area (Å²) in [6, 6.07) is 18.2. The molecule has 1 aliphatic heterocycles. The first-order valence-corrected chi connectivity index (χ1v) is 11.0. The van der Waals surface area contributed by atoms with Crippen LogP contribution in [-0.2, 0) is 11.3 Å². The van der Waals surface area contributed by atoms with Gasteiger partial charge in [-0.3, -0.25) is 9.69 Å². The number of rotatable bonds is 8. The van der Waals surface area contributed by atoms with Gasteiger partial charge in [0.15, 0.2) is 0 Å². The van der Waals surface area contributed by atoms with Crippen molar-refractivity contribution >= 4 is 16.8 Å². The number of halogens is 1. The zero-order chi connectivity index (χ0) is 21.6. The molecule has 1 unspecified atom stereocenters. The van der Waals surface area contributed by atoms with Crippen molar-refractivity contribution in [2.45, 2.75) is 38.0 Å². The normalized spacial score (nSPS) is 16.5. The van der Waals surface area contributed by atoms with Crippen molar-refractivity contribution in [1.82, 2.24) is 14.8 Å². The molecule has 1 saturated heterocycles. The molecule has 6 heteroatoms. The molecule has 0 radical (unpaired) electrons. The van der Waals surface area contributed by atoms with E-state index in [2.05, 4.69) is 39.2 Å². The Kier molecular flexibility index (Phi) is 6.99. The lowest BCUT2D eigenvalue weighted by Crippen LogP contribution is -2.36. The van der Waals surface area contributed by atoms with E-state index in [1.54, 1.807) is 0 Å². The maximum atomic E-state index is 14.6. The summed E-state index contributed by atoms with van der Waals surface area (Å²) in [6.07, 6.45) is 3.29. The Balaban J connectivity index is 1.37. The van der Waals surface area contributed by atoms with Crippen LogP contribution < -0.4 is 5.32 Å². The number of amides is 1. The Morgan fingerprint density at radius 2 is 1.90 bits per heavy atom. The van der Waals surface area contributed by atoms with Crippen LogP contribution in [-0.4, -0.2) is 46.7 Å². The lowest BCUT2D eigenvalue weighted by atomic mass is 10.0. The minimum absolute atomic E-state index is 0.126. The molecule has 164 valence electrons. The van der Waals surface area contributed by atoms with Crippen LogP contribution >= 0.6 is 0 Å². The number of fused-ring (bicyclic) bond motifs is 1. The average molecular weight is 424 g/mol. The maximum Gasteiger partial charge on any atom is 0.222 e. The van der Waals surface area contributed by atoms with Gasteiger partial charge in [0.1, 0.15) is 6.17 Å². The predicted octanol–water partition coefficient (Wildman–Crippen LogP) is 3.99. The molecule has 2 N–H and O–H groups in total. The summed E-state index contributed by atoms with van der Waals surface area (Å²) in [5.41, 5.74) is 2.96. The molecule has 4 rings (SSSR count). The standard InChI is InChI=1S/C25H30FN3O2/c26-23(20-4-2-1-3-5-20)18-28-12-9-22(10-13-28)29-14-8-21-7-6-19(16-24(21)29)17-27-25(31)11-15-30/h1-8,14,16,22-23,30H,9-13,15,17-18H2,(H,27,31). The van der Waals surface area contributed by atoms with Gasteiger partial charge in [-0.2, -0.15) is 0 Å². The molecule has 1 amide bonds. The van der Waals surface area contributed by atoms with Crippen LogP contribution in [0.15, 0.2) is 60.8 Å². The second-order valence-electron chi connectivity index (χ2n) is 8.28. The van der Waals surface area contributed by atoms with E-state index in [0.29, 0.717) is 19.1 Å². The third-order valence-electron chi connectivity index (χ3n) is 6.15. The lowest BCUT2D eigenvalue weighted by molar-refractivity contribution is -0.121. The molecule has 1 aliphatic rings. The molecule has 0 saturated carbocycles. The highest BCUT2D eigenvalue weighted by Crippen LogP contribution is 2.29. The van der Waals surface area contributed by atoms with Crippen LogP contribution in [0.5, 0.6) is 0 Å². The highest BCUT2D eigenvalue weighted by Gasteiger charge is 2.24. The third kappa shape index (κ3) is 5.32. The number of aromatic nitrogens is 1. The molecule has 0 spiro atoms. The number of likely N-dealkylation sites (tertiary alicyclic amines) is 1. The van der Waals surface area contributed by atoms with Crippen LogP contribution in [0.3, 0.4) is 0 Å². The maximum absolute atomic E-state index is 14.6. The first kappa shape index (κ1) is 21.5. The number of alkyl halides is 1. The van der Waals surface area contributed by atoms with E-state index in [1.165, 1.54) is 10.9 Å². The van der Waals surface area contributed by atoms with Crippen molar-refractivity contribution in [2.24, 2.45) is 0 Å². The smallest absolute Gasteiger partial charge is 0.222 e. The first-order chi connectivity index (χ1) is 15.1. The quantitative estimate of drug-likeness (QED) is 0.576. The molecular formula is C25H30FN3O2. The number of nitrogens with one attached hydrogen (secondary N) is 1. The van der Waals surface area contributed by atoms with Crippen molar-refractivity contribution in [3.63, 3.8) is 0 Å². The largest absolute Gasteiger partial charge is 0.396 e. The summed E-state index contributed by atoms with van der Waals surface area (Å²) in [6.45, 7) is 2.53. The van der Waals surface area contributed by atoms with Crippen molar-refractivity contribution in [2.75, 3.05) is 26.2 Å². The minimum Gasteiger partial charge on any atom is -0.396 e. The number of aliphatic hydroxyl groups excluding tert-OH is 1. The van der Waals surface area contributed by atoms with Crippen LogP contribution in [0, 0.1) is 0 Å². The van der Waals surface area contributed by atoms with Crippen molar-refractivity contribution in [1.29, 1.82) is 0 Å². The number of nitrogens with zero attached hydrogens (tertiary/aromatic N) is 2. The molecule has 1 aromatic heterocycles. The lowest BCUT2D eigenvalue weighted by Gasteiger charge is -2.34. The van der Waals surface area contributed by atoms with Crippen LogP contribution in [0.1, 0.15) is 42.6 Å². The van der Waals surface area contributed by atoms with E-state index in [4.69, 9.17) is 5.11 Å². The average Bonchev–Trinajstić information content (AvgIpc) is 3.22.